The van der Waals surface area contributed by atoms with E-state index < -0.39 is 0 Å². The summed E-state index contributed by atoms with van der Waals surface area (Å²) < 4.78 is 21.7. The van der Waals surface area contributed by atoms with Gasteiger partial charge in [0.05, 0.1) is 20.0 Å². The number of fused-ring (bicyclic) bond motifs is 1. The molecular weight excluding hydrogens is 478 g/mol. The SMILES string of the molecule is COc1ccc(-c2nnc(SCC(=O)c3ccc4c(c3)OCCO4)nc2-c2ccc(OC)cc2)cc1. The number of nitrogens with zero attached hydrogens (tertiary/aromatic N) is 3. The first-order valence-corrected chi connectivity index (χ1v) is 12.2. The van der Waals surface area contributed by atoms with Crippen molar-refractivity contribution in [1.82, 2.24) is 15.2 Å². The number of carbonyl (C=O) groups excluding carboxylic acids is 1. The largest absolute Gasteiger partial charge is 0.497 e. The molecule has 182 valence electrons. The first-order valence-electron chi connectivity index (χ1n) is 11.2. The highest BCUT2D eigenvalue weighted by Crippen LogP contribution is 2.33. The molecule has 36 heavy (non-hydrogen) atoms. The van der Waals surface area contributed by atoms with Gasteiger partial charge >= 0.3 is 0 Å². The Balaban J connectivity index is 1.41. The van der Waals surface area contributed by atoms with Crippen molar-refractivity contribution in [2.75, 3.05) is 33.2 Å². The predicted molar refractivity (Wildman–Crippen MR) is 136 cm³/mol. The van der Waals surface area contributed by atoms with Crippen molar-refractivity contribution in [3.8, 4) is 45.5 Å². The van der Waals surface area contributed by atoms with E-state index in [0.29, 0.717) is 46.8 Å². The molecule has 0 atom stereocenters. The third-order valence-corrected chi connectivity index (χ3v) is 6.43. The van der Waals surface area contributed by atoms with Gasteiger partial charge in [-0.15, -0.1) is 10.2 Å². The summed E-state index contributed by atoms with van der Waals surface area (Å²) in [6, 6.07) is 20.3. The summed E-state index contributed by atoms with van der Waals surface area (Å²) >= 11 is 1.24. The van der Waals surface area contributed by atoms with Crippen LogP contribution in [0.5, 0.6) is 23.0 Å². The van der Waals surface area contributed by atoms with Crippen LogP contribution < -0.4 is 18.9 Å². The Kier molecular flexibility index (Phi) is 6.99. The van der Waals surface area contributed by atoms with E-state index in [0.717, 1.165) is 22.6 Å². The first-order chi connectivity index (χ1) is 17.6. The van der Waals surface area contributed by atoms with Crippen LogP contribution >= 0.6 is 11.8 Å². The second kappa shape index (κ2) is 10.7. The molecule has 0 saturated carbocycles. The summed E-state index contributed by atoms with van der Waals surface area (Å²) in [5, 5.41) is 9.19. The van der Waals surface area contributed by atoms with E-state index >= 15 is 0 Å². The highest BCUT2D eigenvalue weighted by Gasteiger charge is 2.18. The van der Waals surface area contributed by atoms with E-state index in [1.54, 1.807) is 32.4 Å². The van der Waals surface area contributed by atoms with E-state index in [1.165, 1.54) is 11.8 Å². The summed E-state index contributed by atoms with van der Waals surface area (Å²) in [6.45, 7) is 0.969. The van der Waals surface area contributed by atoms with Gasteiger partial charge in [-0.05, 0) is 66.7 Å². The van der Waals surface area contributed by atoms with Crippen LogP contribution in [0.1, 0.15) is 10.4 Å². The van der Waals surface area contributed by atoms with Gasteiger partial charge in [-0.1, -0.05) is 11.8 Å². The molecule has 0 amide bonds. The Labute approximate surface area is 212 Å². The monoisotopic (exact) mass is 501 g/mol. The molecule has 1 aromatic heterocycles. The fourth-order valence-electron chi connectivity index (χ4n) is 3.70. The number of benzene rings is 3. The predicted octanol–water partition coefficient (Wildman–Crippen LogP) is 4.97. The van der Waals surface area contributed by atoms with Gasteiger partial charge in [-0.3, -0.25) is 4.79 Å². The number of hydrogen-bond donors (Lipinski definition) is 0. The third-order valence-electron chi connectivity index (χ3n) is 5.59. The van der Waals surface area contributed by atoms with Crippen molar-refractivity contribution >= 4 is 17.5 Å². The molecule has 0 aliphatic carbocycles. The zero-order chi connectivity index (χ0) is 24.9. The molecule has 0 radical (unpaired) electrons. The van der Waals surface area contributed by atoms with E-state index in [2.05, 4.69) is 10.2 Å². The first kappa shape index (κ1) is 23.6. The van der Waals surface area contributed by atoms with Crippen LogP contribution in [0.25, 0.3) is 22.5 Å². The number of Topliss-reactive ketones (excluding diaryl/α,β-unsaturated/α-hetero) is 1. The maximum Gasteiger partial charge on any atom is 0.210 e. The number of carbonyl (C=O) groups is 1. The molecule has 9 heteroatoms. The van der Waals surface area contributed by atoms with Crippen molar-refractivity contribution < 1.29 is 23.7 Å². The quantitative estimate of drug-likeness (QED) is 0.245. The molecule has 2 heterocycles. The molecule has 1 aliphatic rings. The van der Waals surface area contributed by atoms with Crippen molar-refractivity contribution in [3.63, 3.8) is 0 Å². The van der Waals surface area contributed by atoms with Gasteiger partial charge in [0, 0.05) is 16.7 Å². The van der Waals surface area contributed by atoms with Gasteiger partial charge in [-0.25, -0.2) is 4.98 Å². The maximum absolute atomic E-state index is 12.9. The molecule has 0 fully saturated rings. The zero-order valence-corrected chi connectivity index (χ0v) is 20.6. The molecule has 0 unspecified atom stereocenters. The lowest BCUT2D eigenvalue weighted by molar-refractivity contribution is 0.102. The molecule has 0 N–H and O–H groups in total. The van der Waals surface area contributed by atoms with E-state index in [-0.39, 0.29) is 11.5 Å². The standard InChI is InChI=1S/C27H23N3O5S/c1-32-20-8-3-17(4-9-20)25-26(18-5-10-21(33-2)11-6-18)29-30-27(28-25)36-16-22(31)19-7-12-23-24(15-19)35-14-13-34-23/h3-12,15H,13-14,16H2,1-2H3. The number of methoxy groups -OCH3 is 2. The normalized spacial score (nSPS) is 12.2. The molecule has 3 aromatic carbocycles. The molecule has 1 aliphatic heterocycles. The summed E-state index contributed by atoms with van der Waals surface area (Å²) in [5.74, 6) is 2.82. The summed E-state index contributed by atoms with van der Waals surface area (Å²) in [6.07, 6.45) is 0. The van der Waals surface area contributed by atoms with Gasteiger partial charge in [0.2, 0.25) is 5.16 Å². The number of rotatable bonds is 8. The van der Waals surface area contributed by atoms with Crippen LogP contribution in [0.2, 0.25) is 0 Å². The molecule has 5 rings (SSSR count). The minimum absolute atomic E-state index is 0.0641. The fourth-order valence-corrected chi connectivity index (χ4v) is 4.38. The summed E-state index contributed by atoms with van der Waals surface area (Å²) in [7, 11) is 3.24. The molecule has 4 aromatic rings. The Bertz CT molecular complexity index is 1380. The van der Waals surface area contributed by atoms with E-state index in [4.69, 9.17) is 23.9 Å². The van der Waals surface area contributed by atoms with Crippen molar-refractivity contribution in [3.05, 3.63) is 72.3 Å². The highest BCUT2D eigenvalue weighted by molar-refractivity contribution is 7.99. The lowest BCUT2D eigenvalue weighted by atomic mass is 10.0. The second-order valence-electron chi connectivity index (χ2n) is 7.82. The fraction of sp³-hybridized carbons (Fsp3) is 0.185. The second-order valence-corrected chi connectivity index (χ2v) is 8.76. The van der Waals surface area contributed by atoms with Crippen molar-refractivity contribution in [1.29, 1.82) is 0 Å². The number of thioether (sulfide) groups is 1. The van der Waals surface area contributed by atoms with Crippen molar-refractivity contribution in [2.24, 2.45) is 0 Å². The zero-order valence-electron chi connectivity index (χ0n) is 19.8. The molecular formula is C27H23N3O5S. The lowest BCUT2D eigenvalue weighted by Crippen LogP contribution is -2.16. The molecule has 8 nitrogen and oxygen atoms in total. The van der Waals surface area contributed by atoms with Gasteiger partial charge in [0.1, 0.15) is 36.1 Å². The molecule has 0 spiro atoms. The highest BCUT2D eigenvalue weighted by atomic mass is 32.2. The minimum atomic E-state index is -0.0641. The van der Waals surface area contributed by atoms with Crippen molar-refractivity contribution in [2.45, 2.75) is 5.16 Å². The van der Waals surface area contributed by atoms with E-state index in [1.807, 2.05) is 48.5 Å². The summed E-state index contributed by atoms with van der Waals surface area (Å²) in [5.41, 5.74) is 3.55. The Morgan fingerprint density at radius 3 is 2.06 bits per heavy atom. The third kappa shape index (κ3) is 5.11. The average molecular weight is 502 g/mol. The van der Waals surface area contributed by atoms with Crippen LogP contribution in [0.15, 0.2) is 71.9 Å². The topological polar surface area (TPSA) is 92.7 Å². The number of ether oxygens (including phenoxy) is 4. The van der Waals surface area contributed by atoms with Crippen LogP contribution in [0.4, 0.5) is 0 Å². The number of hydrogen-bond acceptors (Lipinski definition) is 9. The number of ketones is 1. The molecule has 0 bridgehead atoms. The van der Waals surface area contributed by atoms with Gasteiger partial charge in [0.25, 0.3) is 0 Å². The lowest BCUT2D eigenvalue weighted by Gasteiger charge is -2.18. The van der Waals surface area contributed by atoms with Crippen LogP contribution in [0.3, 0.4) is 0 Å². The Hall–Kier alpha value is -4.11. The Morgan fingerprint density at radius 1 is 0.806 bits per heavy atom. The smallest absolute Gasteiger partial charge is 0.210 e. The van der Waals surface area contributed by atoms with Crippen LogP contribution in [-0.2, 0) is 0 Å². The van der Waals surface area contributed by atoms with Gasteiger partial charge in [-0.2, -0.15) is 0 Å². The molecule has 0 saturated heterocycles. The van der Waals surface area contributed by atoms with Gasteiger partial charge < -0.3 is 18.9 Å². The average Bonchev–Trinajstić information content (AvgIpc) is 2.95. The van der Waals surface area contributed by atoms with Crippen LogP contribution in [-0.4, -0.2) is 54.2 Å². The Morgan fingerprint density at radius 2 is 1.42 bits per heavy atom. The van der Waals surface area contributed by atoms with E-state index in [9.17, 15) is 4.79 Å². The number of aromatic nitrogens is 3. The maximum atomic E-state index is 12.9. The van der Waals surface area contributed by atoms with Crippen LogP contribution in [0, 0.1) is 0 Å². The minimum Gasteiger partial charge on any atom is -0.497 e. The van der Waals surface area contributed by atoms with Gasteiger partial charge in [0.15, 0.2) is 17.3 Å². The summed E-state index contributed by atoms with van der Waals surface area (Å²) in [4.78, 5) is 17.6.